The highest BCUT2D eigenvalue weighted by molar-refractivity contribution is 7.15. The maximum Gasteiger partial charge on any atom is 0.0234 e. The van der Waals surface area contributed by atoms with E-state index < -0.39 is 0 Å². The van der Waals surface area contributed by atoms with E-state index in [9.17, 15) is 0 Å². The van der Waals surface area contributed by atoms with Crippen LogP contribution in [0.1, 0.15) is 29.5 Å². The molecule has 2 aliphatic rings. The zero-order chi connectivity index (χ0) is 10.5. The number of nitrogens with zero attached hydrogens (tertiary/aromatic N) is 1. The van der Waals surface area contributed by atoms with Crippen molar-refractivity contribution in [2.75, 3.05) is 13.6 Å². The van der Waals surface area contributed by atoms with Crippen molar-refractivity contribution in [3.8, 4) is 0 Å². The lowest BCUT2D eigenvalue weighted by Crippen LogP contribution is -2.35. The average Bonchev–Trinajstić information content (AvgIpc) is 2.97. The molecule has 0 N–H and O–H groups in total. The van der Waals surface area contributed by atoms with Gasteiger partial charge >= 0.3 is 0 Å². The normalized spacial score (nSPS) is 22.8. The predicted octanol–water partition coefficient (Wildman–Crippen LogP) is 2.54. The van der Waals surface area contributed by atoms with Crippen LogP contribution >= 0.6 is 9.24 Å². The lowest BCUT2D eigenvalue weighted by atomic mass is 9.86. The van der Waals surface area contributed by atoms with Gasteiger partial charge in [0.2, 0.25) is 0 Å². The summed E-state index contributed by atoms with van der Waals surface area (Å²) in [6.45, 7) is 2.40. The Kier molecular flexibility index (Phi) is 2.16. The van der Waals surface area contributed by atoms with Crippen molar-refractivity contribution in [2.24, 2.45) is 0 Å². The minimum absolute atomic E-state index is 0.543. The first-order valence-corrected chi connectivity index (χ1v) is 6.56. The summed E-state index contributed by atoms with van der Waals surface area (Å²) in [5.41, 5.74) is 5.20. The van der Waals surface area contributed by atoms with Crippen LogP contribution in [0.2, 0.25) is 0 Å². The number of hydrogen-bond donors (Lipinski definition) is 0. The lowest BCUT2D eigenvalue weighted by Gasteiger charge is -2.32. The maximum atomic E-state index is 2.81. The van der Waals surface area contributed by atoms with E-state index in [1.807, 2.05) is 0 Å². The molecule has 1 aliphatic carbocycles. The Morgan fingerprint density at radius 3 is 2.87 bits per heavy atom. The summed E-state index contributed by atoms with van der Waals surface area (Å²) >= 11 is 0. The summed E-state index contributed by atoms with van der Waals surface area (Å²) in [5.74, 6) is 0. The number of likely N-dealkylation sites (N-methyl/N-ethyl adjacent to an activating group) is 1. The van der Waals surface area contributed by atoms with Gasteiger partial charge in [-0.2, -0.15) is 0 Å². The monoisotopic (exact) mass is 219 g/mol. The van der Waals surface area contributed by atoms with Gasteiger partial charge in [0.15, 0.2) is 0 Å². The molecule has 80 valence electrons. The Hall–Kier alpha value is -0.390. The molecule has 1 aromatic carbocycles. The minimum Gasteiger partial charge on any atom is -0.301 e. The standard InChI is InChI=1S/C13H18NP/c1-14-7-11-6-10(8-15)2-3-12(11)13(9-14)4-5-13/h2-3,6H,4-5,7-9,15H2,1H3. The Labute approximate surface area is 94.1 Å². The second-order valence-corrected chi connectivity index (χ2v) is 5.56. The van der Waals surface area contributed by atoms with Gasteiger partial charge in [0.05, 0.1) is 0 Å². The first kappa shape index (κ1) is 9.81. The number of benzene rings is 1. The molecular weight excluding hydrogens is 201 g/mol. The fourth-order valence-electron chi connectivity index (χ4n) is 2.95. The van der Waals surface area contributed by atoms with Crippen LogP contribution in [0.5, 0.6) is 0 Å². The predicted molar refractivity (Wildman–Crippen MR) is 67.1 cm³/mol. The molecule has 0 aromatic heterocycles. The summed E-state index contributed by atoms with van der Waals surface area (Å²) < 4.78 is 0. The largest absolute Gasteiger partial charge is 0.301 e. The van der Waals surface area contributed by atoms with E-state index in [1.54, 1.807) is 11.1 Å². The SMILES string of the molecule is CN1Cc2cc(CP)ccc2C2(CC2)C1. The molecule has 1 atom stereocenters. The third kappa shape index (κ3) is 1.53. The number of fused-ring (bicyclic) bond motifs is 2. The molecular formula is C13H18NP. The fraction of sp³-hybridized carbons (Fsp3) is 0.538. The van der Waals surface area contributed by atoms with Crippen LogP contribution < -0.4 is 0 Å². The van der Waals surface area contributed by atoms with Crippen molar-refractivity contribution in [2.45, 2.75) is 31.0 Å². The molecule has 1 saturated carbocycles. The molecule has 1 heterocycles. The zero-order valence-electron chi connectivity index (χ0n) is 9.29. The van der Waals surface area contributed by atoms with E-state index in [1.165, 1.54) is 24.9 Å². The van der Waals surface area contributed by atoms with Crippen molar-refractivity contribution >= 4 is 9.24 Å². The summed E-state index contributed by atoms with van der Waals surface area (Å²) in [4.78, 5) is 2.47. The highest BCUT2D eigenvalue weighted by atomic mass is 31.0. The van der Waals surface area contributed by atoms with Crippen molar-refractivity contribution in [3.05, 3.63) is 34.9 Å². The number of hydrogen-bond acceptors (Lipinski definition) is 1. The molecule has 1 aromatic rings. The maximum absolute atomic E-state index is 2.81. The lowest BCUT2D eigenvalue weighted by molar-refractivity contribution is 0.271. The Morgan fingerprint density at radius 1 is 1.40 bits per heavy atom. The molecule has 3 rings (SSSR count). The first-order valence-electron chi connectivity index (χ1n) is 5.74. The van der Waals surface area contributed by atoms with Crippen LogP contribution in [0.4, 0.5) is 0 Å². The second kappa shape index (κ2) is 3.30. The molecule has 1 nitrogen and oxygen atoms in total. The third-order valence-corrected chi connectivity index (χ3v) is 4.31. The van der Waals surface area contributed by atoms with Gasteiger partial charge in [0, 0.05) is 18.5 Å². The Balaban J connectivity index is 2.07. The molecule has 2 heteroatoms. The molecule has 1 unspecified atom stereocenters. The van der Waals surface area contributed by atoms with Gasteiger partial charge in [0.1, 0.15) is 0 Å². The van der Waals surface area contributed by atoms with Gasteiger partial charge in [-0.15, -0.1) is 9.24 Å². The summed E-state index contributed by atoms with van der Waals surface area (Å²) in [6, 6.07) is 7.09. The van der Waals surface area contributed by atoms with Gasteiger partial charge in [-0.1, -0.05) is 18.2 Å². The molecule has 0 amide bonds. The zero-order valence-corrected chi connectivity index (χ0v) is 10.4. The van der Waals surface area contributed by atoms with Crippen LogP contribution in [-0.2, 0) is 18.1 Å². The van der Waals surface area contributed by atoms with Crippen molar-refractivity contribution in [1.82, 2.24) is 4.90 Å². The van der Waals surface area contributed by atoms with Gasteiger partial charge in [-0.3, -0.25) is 0 Å². The van der Waals surface area contributed by atoms with Crippen LogP contribution in [0.3, 0.4) is 0 Å². The van der Waals surface area contributed by atoms with Crippen LogP contribution in [0.25, 0.3) is 0 Å². The molecule has 1 aliphatic heterocycles. The van der Waals surface area contributed by atoms with Crippen LogP contribution in [0, 0.1) is 0 Å². The summed E-state index contributed by atoms with van der Waals surface area (Å²) in [5, 5.41) is 0. The summed E-state index contributed by atoms with van der Waals surface area (Å²) in [7, 11) is 5.06. The summed E-state index contributed by atoms with van der Waals surface area (Å²) in [6.07, 6.45) is 3.86. The Morgan fingerprint density at radius 2 is 2.20 bits per heavy atom. The molecule has 1 spiro atoms. The van der Waals surface area contributed by atoms with Crippen molar-refractivity contribution in [3.63, 3.8) is 0 Å². The van der Waals surface area contributed by atoms with Crippen molar-refractivity contribution < 1.29 is 0 Å². The topological polar surface area (TPSA) is 3.24 Å². The first-order chi connectivity index (χ1) is 7.23. The van der Waals surface area contributed by atoms with E-state index in [-0.39, 0.29) is 0 Å². The molecule has 0 saturated heterocycles. The van der Waals surface area contributed by atoms with E-state index in [4.69, 9.17) is 0 Å². The minimum atomic E-state index is 0.543. The molecule has 0 radical (unpaired) electrons. The number of rotatable bonds is 1. The highest BCUT2D eigenvalue weighted by Crippen LogP contribution is 2.52. The van der Waals surface area contributed by atoms with E-state index in [0.29, 0.717) is 5.41 Å². The quantitative estimate of drug-likeness (QED) is 0.656. The van der Waals surface area contributed by atoms with Gasteiger partial charge < -0.3 is 4.90 Å². The fourth-order valence-corrected chi connectivity index (χ4v) is 3.20. The molecule has 1 fully saturated rings. The molecule has 15 heavy (non-hydrogen) atoms. The van der Waals surface area contributed by atoms with Crippen LogP contribution in [-0.4, -0.2) is 18.5 Å². The highest BCUT2D eigenvalue weighted by Gasteiger charge is 2.48. The van der Waals surface area contributed by atoms with Crippen LogP contribution in [0.15, 0.2) is 18.2 Å². The van der Waals surface area contributed by atoms with E-state index in [2.05, 4.69) is 39.4 Å². The van der Waals surface area contributed by atoms with E-state index >= 15 is 0 Å². The van der Waals surface area contributed by atoms with Crippen molar-refractivity contribution in [1.29, 1.82) is 0 Å². The van der Waals surface area contributed by atoms with Gasteiger partial charge in [-0.25, -0.2) is 0 Å². The molecule has 0 bridgehead atoms. The van der Waals surface area contributed by atoms with E-state index in [0.717, 1.165) is 12.7 Å². The smallest absolute Gasteiger partial charge is 0.0234 e. The Bertz CT molecular complexity index is 396. The van der Waals surface area contributed by atoms with Gasteiger partial charge in [-0.05, 0) is 42.7 Å². The second-order valence-electron chi connectivity index (χ2n) is 5.15. The van der Waals surface area contributed by atoms with Gasteiger partial charge in [0.25, 0.3) is 0 Å². The average molecular weight is 219 g/mol. The third-order valence-electron chi connectivity index (χ3n) is 3.84.